The quantitative estimate of drug-likeness (QED) is 0.490. The molecule has 1 amide bonds. The average molecular weight is 388 g/mol. The van der Waals surface area contributed by atoms with Gasteiger partial charge in [0.25, 0.3) is 5.91 Å². The third-order valence-corrected chi connectivity index (χ3v) is 4.20. The second-order valence-corrected chi connectivity index (χ2v) is 6.21. The number of esters is 1. The number of Topliss-reactive ketones (excluding diaryl/α,β-unsaturated/α-hetero) is 1. The van der Waals surface area contributed by atoms with E-state index >= 15 is 0 Å². The van der Waals surface area contributed by atoms with Gasteiger partial charge in [0, 0.05) is 30.6 Å². The molecule has 2 rings (SSSR count). The molecule has 1 aromatic carbocycles. The number of amides is 1. The number of ketones is 1. The number of nitrogens with two attached hydrogens (primary N) is 1. The summed E-state index contributed by atoms with van der Waals surface area (Å²) in [6.07, 6.45) is 0. The Kier molecular flexibility index (Phi) is 7.34. The highest BCUT2D eigenvalue weighted by atomic mass is 16.5. The topological polar surface area (TPSA) is 110 Å². The molecule has 0 fully saturated rings. The van der Waals surface area contributed by atoms with Crippen molar-refractivity contribution in [3.8, 4) is 5.75 Å². The lowest BCUT2D eigenvalue weighted by Crippen LogP contribution is -2.20. The zero-order chi connectivity index (χ0) is 20.7. The number of benzene rings is 1. The monoisotopic (exact) mass is 388 g/mol. The van der Waals surface area contributed by atoms with Crippen LogP contribution in [0, 0.1) is 13.8 Å². The molecular weight excluding hydrogens is 364 g/mol. The van der Waals surface area contributed by atoms with Crippen molar-refractivity contribution in [3.05, 3.63) is 52.8 Å². The molecule has 28 heavy (non-hydrogen) atoms. The molecule has 1 aromatic heterocycles. The number of methoxy groups -OCH3 is 1. The first kappa shape index (κ1) is 21.2. The number of ether oxygens (including phenoxy) is 3. The summed E-state index contributed by atoms with van der Waals surface area (Å²) in [5.74, 6) is -1.09. The molecule has 0 radical (unpaired) electrons. The largest absolute Gasteiger partial charge is 0.484 e. The zero-order valence-corrected chi connectivity index (χ0v) is 16.2. The van der Waals surface area contributed by atoms with Crippen LogP contribution in [0.2, 0.25) is 0 Å². The van der Waals surface area contributed by atoms with E-state index < -0.39 is 11.9 Å². The number of primary amides is 1. The number of hydrogen-bond acceptors (Lipinski definition) is 6. The first-order valence-electron chi connectivity index (χ1n) is 8.70. The van der Waals surface area contributed by atoms with E-state index in [9.17, 15) is 14.4 Å². The highest BCUT2D eigenvalue weighted by Gasteiger charge is 2.18. The van der Waals surface area contributed by atoms with E-state index in [-0.39, 0.29) is 24.6 Å². The standard InChI is InChI=1S/C20H24N2O6/c1-13-10-17(14(2)22(13)8-9-26-3)18(23)11-28-20(25)15-4-6-16(7-5-15)27-12-19(21)24/h4-7,10H,8-9,11-12H2,1-3H3,(H2,21,24). The van der Waals surface area contributed by atoms with Crippen molar-refractivity contribution in [3.63, 3.8) is 0 Å². The van der Waals surface area contributed by atoms with Gasteiger partial charge in [-0.15, -0.1) is 0 Å². The van der Waals surface area contributed by atoms with Gasteiger partial charge in [0.2, 0.25) is 5.78 Å². The summed E-state index contributed by atoms with van der Waals surface area (Å²) in [4.78, 5) is 35.3. The molecule has 0 atom stereocenters. The molecular formula is C20H24N2O6. The second kappa shape index (κ2) is 9.70. The molecule has 0 unspecified atom stereocenters. The highest BCUT2D eigenvalue weighted by Crippen LogP contribution is 2.17. The Bertz CT molecular complexity index is 854. The number of aromatic nitrogens is 1. The lowest BCUT2D eigenvalue weighted by atomic mass is 10.1. The molecule has 0 aliphatic carbocycles. The fourth-order valence-electron chi connectivity index (χ4n) is 2.74. The van der Waals surface area contributed by atoms with Crippen molar-refractivity contribution < 1.29 is 28.6 Å². The molecule has 0 aliphatic rings. The van der Waals surface area contributed by atoms with Gasteiger partial charge in [-0.3, -0.25) is 9.59 Å². The zero-order valence-electron chi connectivity index (χ0n) is 16.2. The summed E-state index contributed by atoms with van der Waals surface area (Å²) in [7, 11) is 1.62. The molecule has 8 heteroatoms. The Morgan fingerprint density at radius 2 is 1.75 bits per heavy atom. The van der Waals surface area contributed by atoms with Crippen molar-refractivity contribution in [1.29, 1.82) is 0 Å². The van der Waals surface area contributed by atoms with E-state index in [1.165, 1.54) is 24.3 Å². The first-order valence-corrected chi connectivity index (χ1v) is 8.70. The smallest absolute Gasteiger partial charge is 0.338 e. The Morgan fingerprint density at radius 1 is 1.07 bits per heavy atom. The fraction of sp³-hybridized carbons (Fsp3) is 0.350. The summed E-state index contributed by atoms with van der Waals surface area (Å²) in [6, 6.07) is 7.79. The lowest BCUT2D eigenvalue weighted by molar-refractivity contribution is -0.119. The minimum atomic E-state index is -0.622. The number of hydrogen-bond donors (Lipinski definition) is 1. The van der Waals surface area contributed by atoms with E-state index in [4.69, 9.17) is 19.9 Å². The minimum absolute atomic E-state index is 0.249. The van der Waals surface area contributed by atoms with Crippen LogP contribution in [0.4, 0.5) is 0 Å². The molecule has 0 spiro atoms. The summed E-state index contributed by atoms with van der Waals surface area (Å²) < 4.78 is 17.3. The normalized spacial score (nSPS) is 10.5. The first-order chi connectivity index (χ1) is 13.3. The van der Waals surface area contributed by atoms with Crippen LogP contribution in [0.5, 0.6) is 5.75 Å². The molecule has 0 bridgehead atoms. The summed E-state index contributed by atoms with van der Waals surface area (Å²) in [6.45, 7) is 4.34. The summed E-state index contributed by atoms with van der Waals surface area (Å²) in [5.41, 5.74) is 7.55. The predicted molar refractivity (Wildman–Crippen MR) is 102 cm³/mol. The minimum Gasteiger partial charge on any atom is -0.484 e. The van der Waals surface area contributed by atoms with Crippen molar-refractivity contribution in [2.24, 2.45) is 5.73 Å². The Hall–Kier alpha value is -3.13. The number of nitrogens with zero attached hydrogens (tertiary/aromatic N) is 1. The van der Waals surface area contributed by atoms with Crippen LogP contribution < -0.4 is 10.5 Å². The van der Waals surface area contributed by atoms with Crippen LogP contribution in [0.1, 0.15) is 32.1 Å². The van der Waals surface area contributed by atoms with Crippen LogP contribution in [-0.2, 0) is 20.8 Å². The van der Waals surface area contributed by atoms with Gasteiger partial charge in [0.05, 0.1) is 12.2 Å². The Morgan fingerprint density at radius 3 is 2.36 bits per heavy atom. The molecule has 8 nitrogen and oxygen atoms in total. The number of carbonyl (C=O) groups excluding carboxylic acids is 3. The number of aryl methyl sites for hydroxylation is 1. The summed E-state index contributed by atoms with van der Waals surface area (Å²) in [5, 5.41) is 0. The second-order valence-electron chi connectivity index (χ2n) is 6.21. The summed E-state index contributed by atoms with van der Waals surface area (Å²) >= 11 is 0. The van der Waals surface area contributed by atoms with Gasteiger partial charge in [-0.05, 0) is 44.2 Å². The van der Waals surface area contributed by atoms with Gasteiger partial charge in [0.15, 0.2) is 13.2 Å². The Labute approximate surface area is 163 Å². The van der Waals surface area contributed by atoms with Crippen LogP contribution in [0.25, 0.3) is 0 Å². The lowest BCUT2D eigenvalue weighted by Gasteiger charge is -2.09. The maximum Gasteiger partial charge on any atom is 0.338 e. The van der Waals surface area contributed by atoms with Gasteiger partial charge < -0.3 is 24.5 Å². The molecule has 1 heterocycles. The van der Waals surface area contributed by atoms with Crippen LogP contribution >= 0.6 is 0 Å². The van der Waals surface area contributed by atoms with Crippen LogP contribution in [0.15, 0.2) is 30.3 Å². The van der Waals surface area contributed by atoms with E-state index in [1.54, 1.807) is 13.2 Å². The maximum atomic E-state index is 12.5. The fourth-order valence-corrected chi connectivity index (χ4v) is 2.74. The van der Waals surface area contributed by atoms with Gasteiger partial charge in [-0.25, -0.2) is 4.79 Å². The highest BCUT2D eigenvalue weighted by molar-refractivity contribution is 6.00. The maximum absolute atomic E-state index is 12.5. The molecule has 2 N–H and O–H groups in total. The van der Waals surface area contributed by atoms with E-state index in [0.29, 0.717) is 24.5 Å². The van der Waals surface area contributed by atoms with E-state index in [2.05, 4.69) is 0 Å². The Balaban J connectivity index is 1.95. The van der Waals surface area contributed by atoms with Gasteiger partial charge in [-0.1, -0.05) is 0 Å². The molecule has 0 aliphatic heterocycles. The van der Waals surface area contributed by atoms with E-state index in [1.807, 2.05) is 18.4 Å². The van der Waals surface area contributed by atoms with Crippen molar-refractivity contribution in [2.75, 3.05) is 26.9 Å². The van der Waals surface area contributed by atoms with E-state index in [0.717, 1.165) is 11.4 Å². The molecule has 2 aromatic rings. The van der Waals surface area contributed by atoms with Crippen molar-refractivity contribution in [2.45, 2.75) is 20.4 Å². The van der Waals surface area contributed by atoms with Gasteiger partial charge >= 0.3 is 5.97 Å². The molecule has 0 saturated heterocycles. The molecule has 0 saturated carbocycles. The predicted octanol–water partition coefficient (Wildman–Crippen LogP) is 1.66. The van der Waals surface area contributed by atoms with Gasteiger partial charge in [-0.2, -0.15) is 0 Å². The molecule has 150 valence electrons. The van der Waals surface area contributed by atoms with Crippen LogP contribution in [-0.4, -0.2) is 49.2 Å². The number of carbonyl (C=O) groups is 3. The van der Waals surface area contributed by atoms with Gasteiger partial charge in [0.1, 0.15) is 5.75 Å². The van der Waals surface area contributed by atoms with Crippen LogP contribution in [0.3, 0.4) is 0 Å². The average Bonchev–Trinajstić information content (AvgIpc) is 2.96. The van der Waals surface area contributed by atoms with Crippen molar-refractivity contribution in [1.82, 2.24) is 4.57 Å². The SMILES string of the molecule is COCCn1c(C)cc(C(=O)COC(=O)c2ccc(OCC(N)=O)cc2)c1C. The van der Waals surface area contributed by atoms with Crippen molar-refractivity contribution >= 4 is 17.7 Å². The third kappa shape index (κ3) is 5.43. The number of rotatable bonds is 10. The third-order valence-electron chi connectivity index (χ3n) is 4.20.